The monoisotopic (exact) mass is 1260 g/mol. The summed E-state index contributed by atoms with van der Waals surface area (Å²) < 4.78 is 75.1. The molecule has 8 aliphatic heterocycles. The quantitative estimate of drug-likeness (QED) is 0.0324. The molecular weight excluding hydrogens is 1150 g/mol. The Morgan fingerprint density at radius 3 is 0.966 bits per heavy atom. The summed E-state index contributed by atoms with van der Waals surface area (Å²) in [6.45, 7) is 15.9. The van der Waals surface area contributed by atoms with Gasteiger partial charge >= 0.3 is 35.1 Å². The Labute approximate surface area is 537 Å². The van der Waals surface area contributed by atoms with Crippen molar-refractivity contribution in [1.29, 1.82) is 0 Å². The standard InChI is InChI=1S/C75H110O12P2/c1-9-13-17-21-25-29-33-37-59-41-49-63(50-42-59)69(64-51-43-60(44-52-64)38-34-30-26-22-18-14-10-2)72-71(66-55-47-62(48-56-66)40-36-32-28-24-20-16-12-4,82-88-84-74(72,85-88)80-73(68(7,8)58-77)81-75(72)86-89(83-73)87-75)79-70(78-69,67(5,6)57-76)65-53-45-61(46-54-65)39-35-31-27-23-19-15-11-3/h41-56,76-77H,9-40,57-58H2,1-8H3. The Balaban J connectivity index is 1.19. The van der Waals surface area contributed by atoms with Crippen LogP contribution >= 0.6 is 17.2 Å². The molecule has 0 amide bonds. The van der Waals surface area contributed by atoms with Gasteiger partial charge in [0.25, 0.3) is 0 Å². The number of aliphatic hydroxyl groups is 2. The van der Waals surface area contributed by atoms with E-state index in [0.717, 1.165) is 70.6 Å². The summed E-state index contributed by atoms with van der Waals surface area (Å²) >= 11 is 0. The fourth-order valence-corrected chi connectivity index (χ4v) is 17.4. The molecule has 5 bridgehead atoms. The highest BCUT2D eigenvalue weighted by atomic mass is 31.2. The molecule has 3 spiro atoms. The second-order valence-corrected chi connectivity index (χ2v) is 30.1. The molecule has 89 heavy (non-hydrogen) atoms. The first kappa shape index (κ1) is 69.1. The number of ether oxygens (including phenoxy) is 4. The van der Waals surface area contributed by atoms with Gasteiger partial charge in [-0.25, -0.2) is 0 Å². The highest BCUT2D eigenvalue weighted by Crippen LogP contribution is 2.93. The molecular formula is C75H110O12P2. The zero-order valence-corrected chi connectivity index (χ0v) is 57.4. The minimum absolute atomic E-state index is 0.358. The lowest BCUT2D eigenvalue weighted by molar-refractivity contribution is -0.736. The van der Waals surface area contributed by atoms with Gasteiger partial charge in [-0.3, -0.25) is 36.6 Å². The molecule has 12 nitrogen and oxygen atoms in total. The largest absolute Gasteiger partial charge is 0.396 e. The van der Waals surface area contributed by atoms with Crippen molar-refractivity contribution in [2.45, 2.75) is 296 Å². The van der Waals surface area contributed by atoms with Gasteiger partial charge in [0.05, 0.1) is 18.6 Å². The molecule has 4 unspecified atom stereocenters. The molecule has 0 radical (unpaired) electrons. The average Bonchev–Trinajstić information content (AvgIpc) is 0.605. The van der Waals surface area contributed by atoms with Crippen LogP contribution in [0, 0.1) is 16.2 Å². The van der Waals surface area contributed by atoms with Crippen LogP contribution < -0.4 is 0 Å². The molecule has 0 aromatic heterocycles. The van der Waals surface area contributed by atoms with Gasteiger partial charge in [-0.05, 0) is 98.6 Å². The topological polar surface area (TPSA) is 133 Å². The van der Waals surface area contributed by atoms with Crippen LogP contribution in [0.1, 0.15) is 280 Å². The highest BCUT2D eigenvalue weighted by molar-refractivity contribution is 7.43. The van der Waals surface area contributed by atoms with Crippen LogP contribution in [0.3, 0.4) is 0 Å². The first-order valence-corrected chi connectivity index (χ1v) is 37.5. The van der Waals surface area contributed by atoms with E-state index in [1.807, 2.05) is 27.7 Å². The van der Waals surface area contributed by atoms with Gasteiger partial charge in [-0.15, -0.1) is 0 Å². The third kappa shape index (κ3) is 13.2. The van der Waals surface area contributed by atoms with Gasteiger partial charge in [0.1, 0.15) is 5.60 Å². The van der Waals surface area contributed by atoms with Crippen molar-refractivity contribution in [2.24, 2.45) is 16.2 Å². The molecule has 0 aliphatic carbocycles. The van der Waals surface area contributed by atoms with Crippen LogP contribution in [0.15, 0.2) is 97.1 Å². The highest BCUT2D eigenvalue weighted by Gasteiger charge is 3.04. The van der Waals surface area contributed by atoms with E-state index in [1.165, 1.54) is 157 Å². The first-order chi connectivity index (χ1) is 43.2. The second kappa shape index (κ2) is 30.3. The van der Waals surface area contributed by atoms with Gasteiger partial charge in [0.15, 0.2) is 0 Å². The fraction of sp³-hybridized carbons (Fsp3) is 0.680. The lowest BCUT2D eigenvalue weighted by Crippen LogP contribution is -2.95. The number of hydrogen-bond acceptors (Lipinski definition) is 12. The molecule has 0 saturated carbocycles. The second-order valence-electron chi connectivity index (χ2n) is 28.1. The summed E-state index contributed by atoms with van der Waals surface area (Å²) in [7, 11) is -4.46. The van der Waals surface area contributed by atoms with Gasteiger partial charge < -0.3 is 19.7 Å². The van der Waals surface area contributed by atoms with Crippen molar-refractivity contribution in [3.05, 3.63) is 142 Å². The van der Waals surface area contributed by atoms with Crippen molar-refractivity contribution in [1.82, 2.24) is 0 Å². The zero-order chi connectivity index (χ0) is 62.7. The van der Waals surface area contributed by atoms with E-state index >= 15 is 0 Å². The van der Waals surface area contributed by atoms with Crippen LogP contribution in [0.5, 0.6) is 0 Å². The summed E-state index contributed by atoms with van der Waals surface area (Å²) in [6.07, 6.45) is 37.6. The lowest BCUT2D eigenvalue weighted by Gasteiger charge is -2.82. The molecule has 14 heteroatoms. The van der Waals surface area contributed by atoms with Crippen molar-refractivity contribution in [2.75, 3.05) is 13.2 Å². The molecule has 2 N–H and O–H groups in total. The van der Waals surface area contributed by atoms with Gasteiger partial charge in [-0.2, -0.15) is 0 Å². The van der Waals surface area contributed by atoms with Crippen molar-refractivity contribution >= 4 is 17.2 Å². The first-order valence-electron chi connectivity index (χ1n) is 35.3. The summed E-state index contributed by atoms with van der Waals surface area (Å²) in [6, 6.07) is 34.6. The van der Waals surface area contributed by atoms with Gasteiger partial charge in [0.2, 0.25) is 17.0 Å². The number of unbranched alkanes of at least 4 members (excludes halogenated alkanes) is 24. The van der Waals surface area contributed by atoms with Crippen LogP contribution in [0.4, 0.5) is 0 Å². The molecule has 12 rings (SSSR count). The van der Waals surface area contributed by atoms with E-state index < -0.39 is 75.2 Å². The van der Waals surface area contributed by atoms with Gasteiger partial charge in [-0.1, -0.05) is 293 Å². The summed E-state index contributed by atoms with van der Waals surface area (Å²) in [5, 5.41) is 23.6. The van der Waals surface area contributed by atoms with Crippen molar-refractivity contribution in [3.8, 4) is 0 Å². The van der Waals surface area contributed by atoms with Crippen molar-refractivity contribution < 1.29 is 56.3 Å². The Hall–Kier alpha value is -2.74. The maximum absolute atomic E-state index is 12.3. The Morgan fingerprint density at radius 2 is 0.629 bits per heavy atom. The SMILES string of the molecule is CCCCCCCCCc1ccc(C2(C(C)(C)CO)OC3(c4ccc(CCCCCCCCC)cc4)OP4OC5(O4)OC4(C(C)(C)CO)OP6OC(O6)(O4)C53C(c3ccc(CCCCCCCCC)cc3)(c3ccc(CCCCCCCCC)cc3)O2)cc1. The van der Waals surface area contributed by atoms with Crippen molar-refractivity contribution in [3.63, 3.8) is 0 Å². The molecule has 4 atom stereocenters. The summed E-state index contributed by atoms with van der Waals surface area (Å²) in [5.74, 6) is -10.5. The van der Waals surface area contributed by atoms with Crippen LogP contribution in [-0.4, -0.2) is 41.3 Å². The Morgan fingerprint density at radius 1 is 0.326 bits per heavy atom. The lowest BCUT2D eigenvalue weighted by atomic mass is 9.53. The van der Waals surface area contributed by atoms with E-state index in [-0.39, 0.29) is 6.61 Å². The predicted molar refractivity (Wildman–Crippen MR) is 354 cm³/mol. The summed E-state index contributed by atoms with van der Waals surface area (Å²) in [5.41, 5.74) is 0.798. The molecule has 8 aliphatic rings. The maximum Gasteiger partial charge on any atom is 0.346 e. The van der Waals surface area contributed by atoms with Crippen LogP contribution in [0.25, 0.3) is 0 Å². The maximum atomic E-state index is 12.3. The molecule has 8 saturated heterocycles. The number of hydrogen-bond donors (Lipinski definition) is 2. The normalized spacial score (nSPS) is 28.2. The number of aliphatic hydroxyl groups excluding tert-OH is 2. The van der Waals surface area contributed by atoms with Gasteiger partial charge in [0, 0.05) is 16.5 Å². The average molecular weight is 1270 g/mol. The van der Waals surface area contributed by atoms with E-state index in [2.05, 4.69) is 125 Å². The Kier molecular flexibility index (Phi) is 23.6. The number of aryl methyl sites for hydroxylation is 4. The zero-order valence-electron chi connectivity index (χ0n) is 55.7. The van der Waals surface area contributed by atoms with E-state index in [9.17, 15) is 10.2 Å². The minimum Gasteiger partial charge on any atom is -0.396 e. The molecule has 4 aromatic carbocycles. The predicted octanol–water partition coefficient (Wildman–Crippen LogP) is 20.5. The molecule has 492 valence electrons. The summed E-state index contributed by atoms with van der Waals surface area (Å²) in [4.78, 5) is 0. The van der Waals surface area contributed by atoms with E-state index in [0.29, 0.717) is 22.3 Å². The van der Waals surface area contributed by atoms with E-state index in [4.69, 9.17) is 46.1 Å². The third-order valence-electron chi connectivity index (χ3n) is 20.4. The van der Waals surface area contributed by atoms with E-state index in [1.54, 1.807) is 0 Å². The third-order valence-corrected chi connectivity index (χ3v) is 22.8. The molecule has 8 fully saturated rings. The number of rotatable bonds is 40. The number of benzene rings is 4. The molecule has 8 heterocycles. The van der Waals surface area contributed by atoms with Crippen LogP contribution in [0.2, 0.25) is 0 Å². The van der Waals surface area contributed by atoms with Crippen LogP contribution in [-0.2, 0) is 88.9 Å². The molecule has 4 aromatic rings. The Bertz CT molecular complexity index is 2730. The minimum atomic E-state index is -2.27. The smallest absolute Gasteiger partial charge is 0.346 e. The fourth-order valence-electron chi connectivity index (χ4n) is 14.7.